The molecule has 0 atom stereocenters. The van der Waals surface area contributed by atoms with E-state index in [0.717, 1.165) is 43.7 Å². The Labute approximate surface area is 161 Å². The van der Waals surface area contributed by atoms with Crippen molar-refractivity contribution in [3.8, 4) is 0 Å². The molecule has 2 aromatic rings. The topological polar surface area (TPSA) is 83.5 Å². The normalized spacial score (nSPS) is 13.4. The molecule has 0 saturated heterocycles. The number of anilines is 1. The first-order chi connectivity index (χ1) is 12.9. The Kier molecular flexibility index (Phi) is 6.11. The Balaban J connectivity index is 1.48. The Morgan fingerprint density at radius 2 is 2.00 bits per heavy atom. The molecule has 0 spiro atoms. The van der Waals surface area contributed by atoms with E-state index in [1.165, 1.54) is 5.56 Å². The lowest BCUT2D eigenvalue weighted by Crippen LogP contribution is -2.24. The van der Waals surface area contributed by atoms with Crippen LogP contribution in [0, 0.1) is 0 Å². The van der Waals surface area contributed by atoms with Crippen molar-refractivity contribution in [2.75, 3.05) is 30.9 Å². The second kappa shape index (κ2) is 8.52. The number of benzene rings is 1. The van der Waals surface area contributed by atoms with Crippen LogP contribution in [0.2, 0.25) is 0 Å². The SMILES string of the molecule is CS(C)(=O)=Nc1ccc(C(=O)NCCCc2ccc3c(n2)NCCC3)cc1. The van der Waals surface area contributed by atoms with Gasteiger partial charge in [-0.1, -0.05) is 6.07 Å². The van der Waals surface area contributed by atoms with Gasteiger partial charge < -0.3 is 10.6 Å². The number of carbonyl (C=O) groups excluding carboxylic acids is 1. The summed E-state index contributed by atoms with van der Waals surface area (Å²) < 4.78 is 15.8. The van der Waals surface area contributed by atoms with Gasteiger partial charge in [0.15, 0.2) is 0 Å². The van der Waals surface area contributed by atoms with Crippen LogP contribution in [0.3, 0.4) is 0 Å². The van der Waals surface area contributed by atoms with E-state index in [4.69, 9.17) is 0 Å². The van der Waals surface area contributed by atoms with Gasteiger partial charge in [0, 0.05) is 46.6 Å². The Morgan fingerprint density at radius 1 is 1.22 bits per heavy atom. The molecule has 1 aliphatic rings. The second-order valence-corrected chi connectivity index (χ2v) is 9.56. The van der Waals surface area contributed by atoms with Crippen molar-refractivity contribution in [3.63, 3.8) is 0 Å². The van der Waals surface area contributed by atoms with Crippen molar-refractivity contribution in [2.45, 2.75) is 25.7 Å². The average Bonchev–Trinajstić information content (AvgIpc) is 2.64. The molecule has 2 N–H and O–H groups in total. The fourth-order valence-electron chi connectivity index (χ4n) is 3.01. The first kappa shape index (κ1) is 19.4. The zero-order valence-corrected chi connectivity index (χ0v) is 16.6. The molecule has 1 aromatic carbocycles. The van der Waals surface area contributed by atoms with E-state index in [9.17, 15) is 9.00 Å². The molecule has 7 heteroatoms. The molecule has 0 saturated carbocycles. The van der Waals surface area contributed by atoms with E-state index in [1.54, 1.807) is 36.8 Å². The standard InChI is InChI=1S/C20H26N4O2S/c1-27(2,26)24-18-11-8-16(9-12-18)20(25)22-14-4-6-17-10-7-15-5-3-13-21-19(15)23-17/h7-12H,3-6,13-14H2,1-2H3,(H,21,23)(H,22,25). The predicted molar refractivity (Wildman–Crippen MR) is 110 cm³/mol. The van der Waals surface area contributed by atoms with Gasteiger partial charge in [0.05, 0.1) is 5.69 Å². The van der Waals surface area contributed by atoms with E-state index >= 15 is 0 Å². The average molecular weight is 387 g/mol. The van der Waals surface area contributed by atoms with Gasteiger partial charge in [-0.25, -0.2) is 9.19 Å². The third-order valence-corrected chi connectivity index (χ3v) is 4.95. The largest absolute Gasteiger partial charge is 0.370 e. The number of rotatable bonds is 6. The first-order valence-electron chi connectivity index (χ1n) is 9.19. The van der Waals surface area contributed by atoms with Gasteiger partial charge >= 0.3 is 0 Å². The molecule has 1 amide bonds. The maximum absolute atomic E-state index is 12.2. The molecule has 1 aliphatic heterocycles. The maximum Gasteiger partial charge on any atom is 0.251 e. The molecule has 0 fully saturated rings. The highest BCUT2D eigenvalue weighted by molar-refractivity contribution is 7.92. The highest BCUT2D eigenvalue weighted by atomic mass is 32.2. The summed E-state index contributed by atoms with van der Waals surface area (Å²) in [6.07, 6.45) is 7.07. The van der Waals surface area contributed by atoms with Crippen LogP contribution < -0.4 is 10.6 Å². The monoisotopic (exact) mass is 386 g/mol. The molecule has 0 aliphatic carbocycles. The Morgan fingerprint density at radius 3 is 2.74 bits per heavy atom. The number of fused-ring (bicyclic) bond motifs is 1. The minimum Gasteiger partial charge on any atom is -0.370 e. The minimum absolute atomic E-state index is 0.115. The van der Waals surface area contributed by atoms with Crippen LogP contribution in [0.5, 0.6) is 0 Å². The molecule has 1 aromatic heterocycles. The number of hydrogen-bond donors (Lipinski definition) is 2. The fourth-order valence-corrected chi connectivity index (χ4v) is 3.64. The predicted octanol–water partition coefficient (Wildman–Crippen LogP) is 3.16. The van der Waals surface area contributed by atoms with Crippen molar-refractivity contribution in [2.24, 2.45) is 4.36 Å². The van der Waals surface area contributed by atoms with Crippen molar-refractivity contribution in [1.29, 1.82) is 0 Å². The highest BCUT2D eigenvalue weighted by Gasteiger charge is 2.10. The lowest BCUT2D eigenvalue weighted by Gasteiger charge is -2.17. The van der Waals surface area contributed by atoms with Crippen molar-refractivity contribution < 1.29 is 9.00 Å². The summed E-state index contributed by atoms with van der Waals surface area (Å²) in [5.41, 5.74) is 3.53. The number of carbonyl (C=O) groups is 1. The number of pyridine rings is 1. The smallest absolute Gasteiger partial charge is 0.251 e. The quantitative estimate of drug-likeness (QED) is 0.747. The third kappa shape index (κ3) is 5.79. The minimum atomic E-state index is -2.20. The van der Waals surface area contributed by atoms with Gasteiger partial charge in [-0.3, -0.25) is 4.79 Å². The van der Waals surface area contributed by atoms with Crippen LogP contribution in [-0.4, -0.2) is 40.7 Å². The molecule has 144 valence electrons. The Bertz CT molecular complexity index is 923. The van der Waals surface area contributed by atoms with Crippen LogP contribution in [-0.2, 0) is 22.6 Å². The van der Waals surface area contributed by atoms with Crippen molar-refractivity contribution >= 4 is 27.1 Å². The van der Waals surface area contributed by atoms with Crippen molar-refractivity contribution in [3.05, 3.63) is 53.2 Å². The third-order valence-electron chi connectivity index (χ3n) is 4.30. The van der Waals surface area contributed by atoms with Gasteiger partial charge in [-0.15, -0.1) is 0 Å². The van der Waals surface area contributed by atoms with E-state index in [1.807, 2.05) is 0 Å². The summed E-state index contributed by atoms with van der Waals surface area (Å²) in [6.45, 7) is 1.58. The van der Waals surface area contributed by atoms with Crippen LogP contribution in [0.1, 0.15) is 34.5 Å². The van der Waals surface area contributed by atoms with E-state index in [-0.39, 0.29) is 5.91 Å². The molecule has 3 rings (SSSR count). The summed E-state index contributed by atoms with van der Waals surface area (Å²) in [6, 6.07) is 11.1. The van der Waals surface area contributed by atoms with Gasteiger partial charge in [-0.05, 0) is 61.6 Å². The fraction of sp³-hybridized carbons (Fsp3) is 0.400. The van der Waals surface area contributed by atoms with Crippen LogP contribution >= 0.6 is 0 Å². The summed E-state index contributed by atoms with van der Waals surface area (Å²) in [5, 5.41) is 6.27. The van der Waals surface area contributed by atoms with Crippen molar-refractivity contribution in [1.82, 2.24) is 10.3 Å². The summed E-state index contributed by atoms with van der Waals surface area (Å²) >= 11 is 0. The summed E-state index contributed by atoms with van der Waals surface area (Å²) in [5.74, 6) is 0.895. The Hall–Kier alpha value is -2.41. The van der Waals surface area contributed by atoms with E-state index < -0.39 is 9.73 Å². The van der Waals surface area contributed by atoms with Crippen LogP contribution in [0.25, 0.3) is 0 Å². The molecule has 27 heavy (non-hydrogen) atoms. The molecular formula is C20H26N4O2S. The van der Waals surface area contributed by atoms with E-state index in [2.05, 4.69) is 32.1 Å². The van der Waals surface area contributed by atoms with E-state index in [0.29, 0.717) is 17.8 Å². The molecule has 6 nitrogen and oxygen atoms in total. The first-order valence-corrected chi connectivity index (χ1v) is 11.5. The van der Waals surface area contributed by atoms with Crippen LogP contribution in [0.15, 0.2) is 40.8 Å². The van der Waals surface area contributed by atoms with Crippen LogP contribution in [0.4, 0.5) is 11.5 Å². The van der Waals surface area contributed by atoms with Gasteiger partial charge in [0.1, 0.15) is 5.82 Å². The molecule has 0 radical (unpaired) electrons. The van der Waals surface area contributed by atoms with Gasteiger partial charge in [-0.2, -0.15) is 4.36 Å². The number of hydrogen-bond acceptors (Lipinski definition) is 5. The number of amides is 1. The molecular weight excluding hydrogens is 360 g/mol. The second-order valence-electron chi connectivity index (χ2n) is 7.02. The number of aryl methyl sites for hydroxylation is 2. The zero-order valence-electron chi connectivity index (χ0n) is 15.8. The highest BCUT2D eigenvalue weighted by Crippen LogP contribution is 2.20. The lowest BCUT2D eigenvalue weighted by atomic mass is 10.1. The summed E-state index contributed by atoms with van der Waals surface area (Å²) in [4.78, 5) is 16.9. The molecule has 0 bridgehead atoms. The lowest BCUT2D eigenvalue weighted by molar-refractivity contribution is 0.0953. The molecule has 0 unspecified atom stereocenters. The van der Waals surface area contributed by atoms with Gasteiger partial charge in [0.2, 0.25) is 0 Å². The van der Waals surface area contributed by atoms with Gasteiger partial charge in [0.25, 0.3) is 5.91 Å². The maximum atomic E-state index is 12.2. The number of nitrogens with one attached hydrogen (secondary N) is 2. The zero-order chi connectivity index (χ0) is 19.3. The number of aromatic nitrogens is 1. The number of nitrogens with zero attached hydrogens (tertiary/aromatic N) is 2. The summed E-state index contributed by atoms with van der Waals surface area (Å²) in [7, 11) is -2.20. The molecule has 2 heterocycles.